The molecule has 1 aliphatic carbocycles. The van der Waals surface area contributed by atoms with Gasteiger partial charge in [-0.1, -0.05) is 24.3 Å². The van der Waals surface area contributed by atoms with Crippen molar-refractivity contribution in [3.63, 3.8) is 0 Å². The number of aromatic nitrogens is 4. The second-order valence-electron chi connectivity index (χ2n) is 7.24. The lowest BCUT2D eigenvalue weighted by molar-refractivity contribution is -0.146. The summed E-state index contributed by atoms with van der Waals surface area (Å²) in [7, 11) is 1.63. The van der Waals surface area contributed by atoms with Gasteiger partial charge in [-0.15, -0.1) is 10.2 Å². The molecule has 7 nitrogen and oxygen atoms in total. The number of nitrogens with zero attached hydrogens (tertiary/aromatic N) is 4. The van der Waals surface area contributed by atoms with Crippen molar-refractivity contribution in [2.24, 2.45) is 13.0 Å². The van der Waals surface area contributed by atoms with Gasteiger partial charge in [0.15, 0.2) is 12.4 Å². The zero-order valence-corrected chi connectivity index (χ0v) is 15.6. The number of benzene rings is 2. The third-order valence-corrected chi connectivity index (χ3v) is 5.43. The SMILES string of the molecule is Cn1c(=O)c2ccccc2n2c(COC(=O)C3CC3c3ccc(F)cc3)nnc12. The average Bonchev–Trinajstić information content (AvgIpc) is 3.42. The summed E-state index contributed by atoms with van der Waals surface area (Å²) in [6.07, 6.45) is 0.683. The molecular formula is C21H17FN4O3. The molecule has 4 aromatic rings. The molecule has 2 atom stereocenters. The predicted octanol–water partition coefficient (Wildman–Crippen LogP) is 2.57. The zero-order chi connectivity index (χ0) is 20.1. The molecule has 2 heterocycles. The maximum Gasteiger partial charge on any atom is 0.310 e. The van der Waals surface area contributed by atoms with Crippen LogP contribution in [0.2, 0.25) is 0 Å². The van der Waals surface area contributed by atoms with E-state index < -0.39 is 0 Å². The van der Waals surface area contributed by atoms with Crippen molar-refractivity contribution in [2.75, 3.05) is 0 Å². The van der Waals surface area contributed by atoms with Crippen LogP contribution in [0.5, 0.6) is 0 Å². The minimum Gasteiger partial charge on any atom is -0.457 e. The number of hydrogen-bond donors (Lipinski definition) is 0. The molecule has 1 aliphatic rings. The van der Waals surface area contributed by atoms with Gasteiger partial charge in [-0.3, -0.25) is 18.6 Å². The molecule has 8 heteroatoms. The summed E-state index contributed by atoms with van der Waals surface area (Å²) >= 11 is 0. The van der Waals surface area contributed by atoms with Crippen molar-refractivity contribution in [1.29, 1.82) is 0 Å². The Morgan fingerprint density at radius 3 is 2.72 bits per heavy atom. The first-order chi connectivity index (χ1) is 14.0. The summed E-state index contributed by atoms with van der Waals surface area (Å²) in [5.41, 5.74) is 1.43. The molecule has 146 valence electrons. The van der Waals surface area contributed by atoms with E-state index in [2.05, 4.69) is 10.2 Å². The van der Waals surface area contributed by atoms with Crippen LogP contribution in [-0.2, 0) is 23.2 Å². The molecule has 0 radical (unpaired) electrons. The standard InChI is InChI=1S/C21H17FN4O3/c1-25-19(27)14-4-2-3-5-17(14)26-18(23-24-21(25)26)11-29-20(28)16-10-15(16)12-6-8-13(22)9-7-12/h2-9,15-16H,10-11H2,1H3. The Morgan fingerprint density at radius 1 is 1.17 bits per heavy atom. The fourth-order valence-corrected chi connectivity index (χ4v) is 3.76. The van der Waals surface area contributed by atoms with Gasteiger partial charge < -0.3 is 4.74 Å². The van der Waals surface area contributed by atoms with Gasteiger partial charge in [0, 0.05) is 7.05 Å². The monoisotopic (exact) mass is 392 g/mol. The number of fused-ring (bicyclic) bond motifs is 3. The highest BCUT2D eigenvalue weighted by Gasteiger charge is 2.45. The topological polar surface area (TPSA) is 78.5 Å². The molecule has 2 aromatic carbocycles. The highest BCUT2D eigenvalue weighted by molar-refractivity contribution is 5.80. The van der Waals surface area contributed by atoms with E-state index in [0.29, 0.717) is 28.9 Å². The van der Waals surface area contributed by atoms with Crippen molar-refractivity contribution in [2.45, 2.75) is 18.9 Å². The largest absolute Gasteiger partial charge is 0.457 e. The molecule has 1 saturated carbocycles. The number of ether oxygens (including phenoxy) is 1. The van der Waals surface area contributed by atoms with Crippen LogP contribution in [0.4, 0.5) is 4.39 Å². The summed E-state index contributed by atoms with van der Waals surface area (Å²) in [5, 5.41) is 8.74. The van der Waals surface area contributed by atoms with Crippen molar-refractivity contribution in [3.8, 4) is 0 Å². The Morgan fingerprint density at radius 2 is 1.93 bits per heavy atom. The lowest BCUT2D eigenvalue weighted by atomic mass is 10.1. The van der Waals surface area contributed by atoms with Crippen LogP contribution in [0.15, 0.2) is 53.3 Å². The normalized spacial score (nSPS) is 18.3. The Kier molecular flexibility index (Phi) is 3.94. The first-order valence-electron chi connectivity index (χ1n) is 9.28. The second-order valence-corrected chi connectivity index (χ2v) is 7.24. The number of hydrogen-bond acceptors (Lipinski definition) is 5. The lowest BCUT2D eigenvalue weighted by Crippen LogP contribution is -2.20. The number of halogens is 1. The molecule has 1 fully saturated rings. The Labute approximate surface area is 164 Å². The number of esters is 1. The van der Waals surface area contributed by atoms with Crippen LogP contribution in [0.1, 0.15) is 23.7 Å². The highest BCUT2D eigenvalue weighted by atomic mass is 19.1. The van der Waals surface area contributed by atoms with Crippen LogP contribution in [0.3, 0.4) is 0 Å². The van der Waals surface area contributed by atoms with Gasteiger partial charge in [0.25, 0.3) is 5.56 Å². The van der Waals surface area contributed by atoms with Crippen LogP contribution in [0, 0.1) is 11.7 Å². The van der Waals surface area contributed by atoms with E-state index in [4.69, 9.17) is 4.74 Å². The van der Waals surface area contributed by atoms with Crippen LogP contribution >= 0.6 is 0 Å². The number of rotatable bonds is 4. The maximum absolute atomic E-state index is 13.1. The van der Waals surface area contributed by atoms with Crippen LogP contribution < -0.4 is 5.56 Å². The number of para-hydroxylation sites is 1. The maximum atomic E-state index is 13.1. The molecule has 0 amide bonds. The Hall–Kier alpha value is -3.55. The third-order valence-electron chi connectivity index (χ3n) is 5.43. The van der Waals surface area contributed by atoms with E-state index >= 15 is 0 Å². The van der Waals surface area contributed by atoms with Gasteiger partial charge in [-0.25, -0.2) is 4.39 Å². The second kappa shape index (κ2) is 6.51. The molecule has 0 aliphatic heterocycles. The van der Waals surface area contributed by atoms with E-state index in [1.54, 1.807) is 35.7 Å². The van der Waals surface area contributed by atoms with Gasteiger partial charge in [0.05, 0.1) is 16.8 Å². The number of carbonyl (C=O) groups is 1. The van der Waals surface area contributed by atoms with Crippen molar-refractivity contribution < 1.29 is 13.9 Å². The molecule has 0 saturated heterocycles. The summed E-state index contributed by atoms with van der Waals surface area (Å²) in [6.45, 7) is -0.0468. The first-order valence-corrected chi connectivity index (χ1v) is 9.28. The number of aryl methyl sites for hydroxylation is 1. The summed E-state index contributed by atoms with van der Waals surface area (Å²) in [6, 6.07) is 13.4. The van der Waals surface area contributed by atoms with Gasteiger partial charge in [0.1, 0.15) is 5.82 Å². The fourth-order valence-electron chi connectivity index (χ4n) is 3.76. The van der Waals surface area contributed by atoms with Crippen LogP contribution in [-0.4, -0.2) is 25.1 Å². The van der Waals surface area contributed by atoms with E-state index in [1.165, 1.54) is 16.7 Å². The van der Waals surface area contributed by atoms with Crippen molar-refractivity contribution >= 4 is 22.6 Å². The predicted molar refractivity (Wildman–Crippen MR) is 103 cm³/mol. The van der Waals surface area contributed by atoms with Crippen molar-refractivity contribution in [3.05, 3.63) is 76.1 Å². The van der Waals surface area contributed by atoms with E-state index in [1.807, 2.05) is 12.1 Å². The average molecular weight is 392 g/mol. The van der Waals surface area contributed by atoms with E-state index in [0.717, 1.165) is 5.56 Å². The minimum atomic E-state index is -0.315. The molecule has 0 spiro atoms. The molecular weight excluding hydrogens is 375 g/mol. The van der Waals surface area contributed by atoms with Gasteiger partial charge >= 0.3 is 5.97 Å². The van der Waals surface area contributed by atoms with E-state index in [9.17, 15) is 14.0 Å². The minimum absolute atomic E-state index is 0.0468. The molecule has 0 bridgehead atoms. The molecule has 0 N–H and O–H groups in total. The fraction of sp³-hybridized carbons (Fsp3) is 0.238. The lowest BCUT2D eigenvalue weighted by Gasteiger charge is -2.08. The van der Waals surface area contributed by atoms with E-state index in [-0.39, 0.29) is 35.8 Å². The summed E-state index contributed by atoms with van der Waals surface area (Å²) < 4.78 is 21.7. The molecule has 2 unspecified atom stereocenters. The summed E-state index contributed by atoms with van der Waals surface area (Å²) in [5.74, 6) is 0.0363. The molecule has 5 rings (SSSR count). The number of carbonyl (C=O) groups excluding carboxylic acids is 1. The Balaban J connectivity index is 1.38. The highest BCUT2D eigenvalue weighted by Crippen LogP contribution is 2.48. The molecule has 29 heavy (non-hydrogen) atoms. The van der Waals surface area contributed by atoms with Crippen molar-refractivity contribution in [1.82, 2.24) is 19.2 Å². The smallest absolute Gasteiger partial charge is 0.310 e. The first kappa shape index (κ1) is 17.5. The quantitative estimate of drug-likeness (QED) is 0.499. The summed E-state index contributed by atoms with van der Waals surface area (Å²) in [4.78, 5) is 24.9. The van der Waals surface area contributed by atoms with Gasteiger partial charge in [0.2, 0.25) is 5.78 Å². The Bertz CT molecular complexity index is 1310. The van der Waals surface area contributed by atoms with Gasteiger partial charge in [-0.05, 0) is 42.2 Å². The zero-order valence-electron chi connectivity index (χ0n) is 15.6. The van der Waals surface area contributed by atoms with Crippen LogP contribution in [0.25, 0.3) is 16.7 Å². The van der Waals surface area contributed by atoms with Gasteiger partial charge in [-0.2, -0.15) is 0 Å². The third kappa shape index (κ3) is 2.88. The molecule has 2 aromatic heterocycles.